The van der Waals surface area contributed by atoms with E-state index in [1.165, 1.54) is 6.92 Å². The molecule has 2 amide bonds. The molecule has 3 aromatic rings. The van der Waals surface area contributed by atoms with Crippen LogP contribution in [-0.4, -0.2) is 26.6 Å². The molecule has 0 aliphatic carbocycles. The Morgan fingerprint density at radius 3 is 2.39 bits per heavy atom. The van der Waals surface area contributed by atoms with Crippen LogP contribution in [0.5, 0.6) is 0 Å². The molecule has 0 radical (unpaired) electrons. The highest BCUT2D eigenvalue weighted by atomic mass is 16.2. The zero-order valence-electron chi connectivity index (χ0n) is 18.6. The molecule has 2 aromatic heterocycles. The number of pyridine rings is 1. The maximum atomic E-state index is 13.0. The Balaban J connectivity index is 1.86. The SMILES string of the molecule is CC(=O)NC(CC(=O)Nc1cc(C(C)(C)C)nn1-c1ccccn1)c1ccc(C)cc1. The summed E-state index contributed by atoms with van der Waals surface area (Å²) in [7, 11) is 0. The average molecular weight is 420 g/mol. The van der Waals surface area contributed by atoms with Crippen LogP contribution < -0.4 is 10.6 Å². The Labute approximate surface area is 182 Å². The van der Waals surface area contributed by atoms with Gasteiger partial charge >= 0.3 is 0 Å². The third-order valence-corrected chi connectivity index (χ3v) is 4.86. The average Bonchev–Trinajstić information content (AvgIpc) is 3.12. The normalized spacial score (nSPS) is 12.3. The number of rotatable bonds is 6. The van der Waals surface area contributed by atoms with Gasteiger partial charge < -0.3 is 10.6 Å². The number of carbonyl (C=O) groups is 2. The van der Waals surface area contributed by atoms with Gasteiger partial charge in [-0.25, -0.2) is 4.98 Å². The zero-order chi connectivity index (χ0) is 22.6. The number of aryl methyl sites for hydroxylation is 1. The first-order valence-electron chi connectivity index (χ1n) is 10.3. The fourth-order valence-electron chi connectivity index (χ4n) is 3.17. The molecular weight excluding hydrogens is 390 g/mol. The molecular formula is C24H29N5O2. The van der Waals surface area contributed by atoms with Crippen LogP contribution in [0.3, 0.4) is 0 Å². The Hall–Kier alpha value is -3.48. The lowest BCUT2D eigenvalue weighted by molar-refractivity contribution is -0.120. The lowest BCUT2D eigenvalue weighted by atomic mass is 9.92. The Kier molecular flexibility index (Phi) is 6.53. The van der Waals surface area contributed by atoms with Crippen LogP contribution in [0.1, 0.15) is 57.0 Å². The van der Waals surface area contributed by atoms with E-state index >= 15 is 0 Å². The number of carbonyl (C=O) groups excluding carboxylic acids is 2. The molecule has 0 aliphatic rings. The molecule has 0 saturated heterocycles. The van der Waals surface area contributed by atoms with Crippen LogP contribution in [0.4, 0.5) is 5.82 Å². The van der Waals surface area contributed by atoms with Crippen molar-refractivity contribution in [3.63, 3.8) is 0 Å². The minimum absolute atomic E-state index is 0.0981. The van der Waals surface area contributed by atoms with Crippen molar-refractivity contribution in [2.75, 3.05) is 5.32 Å². The van der Waals surface area contributed by atoms with Crippen molar-refractivity contribution in [1.82, 2.24) is 20.1 Å². The van der Waals surface area contributed by atoms with E-state index in [9.17, 15) is 9.59 Å². The van der Waals surface area contributed by atoms with Gasteiger partial charge in [0.25, 0.3) is 0 Å². The molecule has 0 spiro atoms. The van der Waals surface area contributed by atoms with E-state index in [0.29, 0.717) is 11.6 Å². The van der Waals surface area contributed by atoms with Crippen LogP contribution >= 0.6 is 0 Å². The standard InChI is InChI=1S/C24H29N5O2/c1-16-9-11-18(12-10-16)19(26-17(2)30)14-23(31)27-22-15-20(24(3,4)5)28-29(22)21-8-6-7-13-25-21/h6-13,15,19H,14H2,1-5H3,(H,26,30)(H,27,31). The topological polar surface area (TPSA) is 88.9 Å². The predicted molar refractivity (Wildman–Crippen MR) is 121 cm³/mol. The molecule has 0 saturated carbocycles. The molecule has 3 rings (SSSR count). The molecule has 162 valence electrons. The van der Waals surface area contributed by atoms with Crippen molar-refractivity contribution in [1.29, 1.82) is 0 Å². The molecule has 7 nitrogen and oxygen atoms in total. The molecule has 0 aliphatic heterocycles. The van der Waals surface area contributed by atoms with Gasteiger partial charge in [-0.1, -0.05) is 56.7 Å². The third kappa shape index (κ3) is 5.78. The molecule has 0 bridgehead atoms. The van der Waals surface area contributed by atoms with Crippen LogP contribution in [0.2, 0.25) is 0 Å². The number of benzene rings is 1. The van der Waals surface area contributed by atoms with Crippen molar-refractivity contribution < 1.29 is 9.59 Å². The number of hydrogen-bond acceptors (Lipinski definition) is 4. The minimum Gasteiger partial charge on any atom is -0.349 e. The van der Waals surface area contributed by atoms with Gasteiger partial charge in [0.1, 0.15) is 5.82 Å². The third-order valence-electron chi connectivity index (χ3n) is 4.86. The van der Waals surface area contributed by atoms with E-state index in [4.69, 9.17) is 0 Å². The maximum Gasteiger partial charge on any atom is 0.227 e. The van der Waals surface area contributed by atoms with Crippen molar-refractivity contribution >= 4 is 17.6 Å². The summed E-state index contributed by atoms with van der Waals surface area (Å²) in [6.07, 6.45) is 1.78. The summed E-state index contributed by atoms with van der Waals surface area (Å²) in [6, 6.07) is 14.8. The summed E-state index contributed by atoms with van der Waals surface area (Å²) in [6.45, 7) is 9.63. The van der Waals surface area contributed by atoms with Crippen molar-refractivity contribution in [3.05, 3.63) is 71.5 Å². The molecule has 31 heavy (non-hydrogen) atoms. The van der Waals surface area contributed by atoms with Crippen molar-refractivity contribution in [2.24, 2.45) is 0 Å². The fraction of sp³-hybridized carbons (Fsp3) is 0.333. The summed E-state index contributed by atoms with van der Waals surface area (Å²) in [5.41, 5.74) is 2.64. The van der Waals surface area contributed by atoms with E-state index in [1.807, 2.05) is 55.5 Å². The summed E-state index contributed by atoms with van der Waals surface area (Å²) in [5.74, 6) is 0.744. The van der Waals surface area contributed by atoms with E-state index in [1.54, 1.807) is 10.9 Å². The van der Waals surface area contributed by atoms with Crippen LogP contribution in [0.15, 0.2) is 54.7 Å². The second-order valence-corrected chi connectivity index (χ2v) is 8.68. The predicted octanol–water partition coefficient (Wildman–Crippen LogP) is 4.08. The van der Waals surface area contributed by atoms with Crippen LogP contribution in [0.25, 0.3) is 5.82 Å². The maximum absolute atomic E-state index is 13.0. The fourth-order valence-corrected chi connectivity index (χ4v) is 3.17. The highest BCUT2D eigenvalue weighted by Crippen LogP contribution is 2.26. The number of nitrogens with zero attached hydrogens (tertiary/aromatic N) is 3. The number of anilines is 1. The van der Waals surface area contributed by atoms with E-state index in [2.05, 4.69) is 41.5 Å². The Morgan fingerprint density at radius 1 is 1.10 bits per heavy atom. The molecule has 2 N–H and O–H groups in total. The summed E-state index contributed by atoms with van der Waals surface area (Å²) in [5, 5.41) is 10.5. The van der Waals surface area contributed by atoms with Gasteiger partial charge in [-0.2, -0.15) is 9.78 Å². The quantitative estimate of drug-likeness (QED) is 0.630. The lowest BCUT2D eigenvalue weighted by Crippen LogP contribution is -2.30. The highest BCUT2D eigenvalue weighted by molar-refractivity contribution is 5.91. The molecule has 1 atom stereocenters. The number of nitrogens with one attached hydrogen (secondary N) is 2. The number of hydrogen-bond donors (Lipinski definition) is 2. The zero-order valence-corrected chi connectivity index (χ0v) is 18.6. The summed E-state index contributed by atoms with van der Waals surface area (Å²) < 4.78 is 1.64. The van der Waals surface area contributed by atoms with Gasteiger partial charge in [0, 0.05) is 24.6 Å². The van der Waals surface area contributed by atoms with Crippen LogP contribution in [0, 0.1) is 6.92 Å². The second kappa shape index (κ2) is 9.12. The molecule has 1 aromatic carbocycles. The smallest absolute Gasteiger partial charge is 0.227 e. The van der Waals surface area contributed by atoms with E-state index in [0.717, 1.165) is 16.8 Å². The molecule has 1 unspecified atom stereocenters. The second-order valence-electron chi connectivity index (χ2n) is 8.68. The van der Waals surface area contributed by atoms with Crippen LogP contribution in [-0.2, 0) is 15.0 Å². The van der Waals surface area contributed by atoms with E-state index < -0.39 is 6.04 Å². The lowest BCUT2D eigenvalue weighted by Gasteiger charge is -2.18. The molecule has 2 heterocycles. The number of aromatic nitrogens is 3. The van der Waals surface area contributed by atoms with Gasteiger partial charge in [0.05, 0.1) is 18.2 Å². The minimum atomic E-state index is -0.425. The Bertz CT molecular complexity index is 1050. The van der Waals surface area contributed by atoms with Gasteiger partial charge in [0.15, 0.2) is 5.82 Å². The highest BCUT2D eigenvalue weighted by Gasteiger charge is 2.23. The largest absolute Gasteiger partial charge is 0.349 e. The first kappa shape index (κ1) is 22.2. The Morgan fingerprint density at radius 2 is 1.81 bits per heavy atom. The van der Waals surface area contributed by atoms with Crippen molar-refractivity contribution in [3.8, 4) is 5.82 Å². The first-order chi connectivity index (χ1) is 14.6. The van der Waals surface area contributed by atoms with Gasteiger partial charge in [-0.15, -0.1) is 0 Å². The van der Waals surface area contributed by atoms with Gasteiger partial charge in [-0.3, -0.25) is 9.59 Å². The molecule has 0 fully saturated rings. The summed E-state index contributed by atoms with van der Waals surface area (Å²) in [4.78, 5) is 29.0. The van der Waals surface area contributed by atoms with E-state index in [-0.39, 0.29) is 23.7 Å². The van der Waals surface area contributed by atoms with Gasteiger partial charge in [0.2, 0.25) is 11.8 Å². The van der Waals surface area contributed by atoms with Gasteiger partial charge in [-0.05, 0) is 24.6 Å². The first-order valence-corrected chi connectivity index (χ1v) is 10.3. The molecule has 7 heteroatoms. The number of amides is 2. The van der Waals surface area contributed by atoms with Crippen molar-refractivity contribution in [2.45, 2.75) is 52.5 Å². The monoisotopic (exact) mass is 419 g/mol. The summed E-state index contributed by atoms with van der Waals surface area (Å²) >= 11 is 0.